The highest BCUT2D eigenvalue weighted by Crippen LogP contribution is 2.30. The third-order valence-corrected chi connectivity index (χ3v) is 5.25. The fourth-order valence-electron chi connectivity index (χ4n) is 3.28. The van der Waals surface area contributed by atoms with Crippen molar-refractivity contribution in [2.24, 2.45) is 0 Å². The van der Waals surface area contributed by atoms with E-state index in [1.807, 2.05) is 11.8 Å². The van der Waals surface area contributed by atoms with Gasteiger partial charge in [0.15, 0.2) is 0 Å². The normalized spacial score (nSPS) is 11.0. The molecule has 4 aromatic rings. The third-order valence-electron chi connectivity index (χ3n) is 4.63. The molecular weight excluding hydrogens is 334 g/mol. The minimum Gasteiger partial charge on any atom is -0.253 e. The molecule has 0 saturated heterocycles. The molecule has 0 aliphatic rings. The number of thioether (sulfide) groups is 1. The van der Waals surface area contributed by atoms with Gasteiger partial charge >= 0.3 is 0 Å². The summed E-state index contributed by atoms with van der Waals surface area (Å²) in [6.45, 7) is 0. The van der Waals surface area contributed by atoms with Gasteiger partial charge < -0.3 is 0 Å². The second-order valence-corrected chi connectivity index (χ2v) is 7.35. The first kappa shape index (κ1) is 16.9. The predicted molar refractivity (Wildman–Crippen MR) is 115 cm³/mol. The Morgan fingerprint density at radius 2 is 1.38 bits per heavy atom. The lowest BCUT2D eigenvalue weighted by atomic mass is 9.97. The maximum atomic E-state index is 4.85. The van der Waals surface area contributed by atoms with Gasteiger partial charge in [0.2, 0.25) is 0 Å². The van der Waals surface area contributed by atoms with E-state index in [2.05, 4.69) is 91.2 Å². The monoisotopic (exact) mass is 355 g/mol. The number of hydrogen-bond acceptors (Lipinski definition) is 2. The molecule has 1 heterocycles. The number of para-hydroxylation sites is 1. The number of pyridine rings is 1. The van der Waals surface area contributed by atoms with Crippen molar-refractivity contribution in [2.75, 3.05) is 12.0 Å². The Balaban J connectivity index is 1.77. The van der Waals surface area contributed by atoms with Gasteiger partial charge in [-0.25, -0.2) is 0 Å². The zero-order valence-corrected chi connectivity index (χ0v) is 15.7. The summed E-state index contributed by atoms with van der Waals surface area (Å²) < 4.78 is 0. The van der Waals surface area contributed by atoms with E-state index < -0.39 is 0 Å². The fraction of sp³-hybridized carbons (Fsp3) is 0.125. The largest absolute Gasteiger partial charge is 0.253 e. The summed E-state index contributed by atoms with van der Waals surface area (Å²) in [5, 5.41) is 1.22. The Morgan fingerprint density at radius 1 is 0.731 bits per heavy atom. The Labute approximate surface area is 159 Å². The molecule has 0 radical (unpaired) electrons. The lowest BCUT2D eigenvalue weighted by Gasteiger charge is -2.11. The van der Waals surface area contributed by atoms with E-state index >= 15 is 0 Å². The summed E-state index contributed by atoms with van der Waals surface area (Å²) in [6.07, 6.45) is 3.14. The van der Waals surface area contributed by atoms with E-state index in [0.29, 0.717) is 0 Å². The van der Waals surface area contributed by atoms with E-state index in [1.54, 1.807) is 0 Å². The van der Waals surface area contributed by atoms with Gasteiger partial charge in [0.05, 0.1) is 5.52 Å². The van der Waals surface area contributed by atoms with Crippen LogP contribution in [-0.4, -0.2) is 17.0 Å². The molecule has 4 rings (SSSR count). The molecule has 0 bridgehead atoms. The van der Waals surface area contributed by atoms with E-state index in [4.69, 9.17) is 4.98 Å². The molecule has 0 aliphatic carbocycles. The smallest absolute Gasteiger partial charge is 0.0711 e. The van der Waals surface area contributed by atoms with E-state index in [1.165, 1.54) is 33.3 Å². The number of benzene rings is 3. The van der Waals surface area contributed by atoms with Crippen LogP contribution in [0.15, 0.2) is 84.9 Å². The first-order chi connectivity index (χ1) is 12.8. The quantitative estimate of drug-likeness (QED) is 0.407. The molecule has 0 amide bonds. The van der Waals surface area contributed by atoms with Crippen LogP contribution in [0.2, 0.25) is 0 Å². The molecule has 0 atom stereocenters. The van der Waals surface area contributed by atoms with Crippen LogP contribution >= 0.6 is 11.8 Å². The zero-order valence-electron chi connectivity index (χ0n) is 14.9. The van der Waals surface area contributed by atoms with Gasteiger partial charge in [0, 0.05) is 11.1 Å². The van der Waals surface area contributed by atoms with Crippen molar-refractivity contribution in [3.8, 4) is 22.3 Å². The van der Waals surface area contributed by atoms with Crippen molar-refractivity contribution in [3.63, 3.8) is 0 Å². The average molecular weight is 356 g/mol. The van der Waals surface area contributed by atoms with Crippen LogP contribution in [0.3, 0.4) is 0 Å². The van der Waals surface area contributed by atoms with Gasteiger partial charge in [-0.2, -0.15) is 11.8 Å². The second kappa shape index (κ2) is 7.76. The molecule has 0 unspecified atom stereocenters. The highest BCUT2D eigenvalue weighted by atomic mass is 32.2. The summed E-state index contributed by atoms with van der Waals surface area (Å²) in [7, 11) is 0. The van der Waals surface area contributed by atoms with E-state index in [9.17, 15) is 0 Å². The van der Waals surface area contributed by atoms with Crippen LogP contribution in [0, 0.1) is 0 Å². The summed E-state index contributed by atoms with van der Waals surface area (Å²) in [5.74, 6) is 1.09. The van der Waals surface area contributed by atoms with Gasteiger partial charge in [-0.1, -0.05) is 72.8 Å². The van der Waals surface area contributed by atoms with Gasteiger partial charge in [-0.3, -0.25) is 4.98 Å². The molecule has 0 fully saturated rings. The summed E-state index contributed by atoms with van der Waals surface area (Å²) in [6, 6.07) is 30.1. The second-order valence-electron chi connectivity index (χ2n) is 6.36. The van der Waals surface area contributed by atoms with Crippen molar-refractivity contribution >= 4 is 22.7 Å². The number of rotatable bonds is 5. The van der Waals surface area contributed by atoms with Crippen molar-refractivity contribution in [1.82, 2.24) is 4.98 Å². The van der Waals surface area contributed by atoms with Gasteiger partial charge in [0.1, 0.15) is 0 Å². The molecule has 0 saturated carbocycles. The third kappa shape index (κ3) is 3.51. The van der Waals surface area contributed by atoms with Crippen LogP contribution < -0.4 is 0 Å². The maximum Gasteiger partial charge on any atom is 0.0711 e. The van der Waals surface area contributed by atoms with Crippen LogP contribution in [-0.2, 0) is 6.42 Å². The van der Waals surface area contributed by atoms with Crippen molar-refractivity contribution in [3.05, 3.63) is 90.6 Å². The Bertz CT molecular complexity index is 1010. The van der Waals surface area contributed by atoms with Gasteiger partial charge in [-0.05, 0) is 52.8 Å². The number of hydrogen-bond donors (Lipinski definition) is 0. The zero-order chi connectivity index (χ0) is 17.8. The molecule has 128 valence electrons. The molecule has 1 aromatic heterocycles. The molecule has 2 heteroatoms. The van der Waals surface area contributed by atoms with Crippen molar-refractivity contribution < 1.29 is 0 Å². The number of nitrogens with zero attached hydrogens (tertiary/aromatic N) is 1. The van der Waals surface area contributed by atoms with Crippen LogP contribution in [0.4, 0.5) is 0 Å². The molecular formula is C24H21NS. The lowest BCUT2D eigenvalue weighted by molar-refractivity contribution is 1.07. The summed E-state index contributed by atoms with van der Waals surface area (Å²) in [5.41, 5.74) is 7.25. The molecule has 26 heavy (non-hydrogen) atoms. The standard InChI is InChI=1S/C24H21NS/c1-26-16-15-21-17-23(22-9-5-6-10-24(22)25-21)20-13-11-19(12-14-20)18-7-3-2-4-8-18/h2-14,17H,15-16H2,1H3. The van der Waals surface area contributed by atoms with E-state index in [-0.39, 0.29) is 0 Å². The van der Waals surface area contributed by atoms with Crippen LogP contribution in [0.25, 0.3) is 33.2 Å². The lowest BCUT2D eigenvalue weighted by Crippen LogP contribution is -1.95. The highest BCUT2D eigenvalue weighted by molar-refractivity contribution is 7.98. The SMILES string of the molecule is CSCCc1cc(-c2ccc(-c3ccccc3)cc2)c2ccccc2n1. The average Bonchev–Trinajstić information content (AvgIpc) is 2.72. The van der Waals surface area contributed by atoms with Gasteiger partial charge in [0.25, 0.3) is 0 Å². The highest BCUT2D eigenvalue weighted by Gasteiger charge is 2.08. The molecule has 1 nitrogen and oxygen atoms in total. The number of aryl methyl sites for hydroxylation is 1. The molecule has 0 aliphatic heterocycles. The first-order valence-electron chi connectivity index (χ1n) is 8.88. The summed E-state index contributed by atoms with van der Waals surface area (Å²) in [4.78, 5) is 4.85. The van der Waals surface area contributed by atoms with Crippen molar-refractivity contribution in [1.29, 1.82) is 0 Å². The first-order valence-corrected chi connectivity index (χ1v) is 10.3. The minimum absolute atomic E-state index is 1.00. The summed E-state index contributed by atoms with van der Waals surface area (Å²) >= 11 is 1.86. The predicted octanol–water partition coefficient (Wildman–Crippen LogP) is 6.47. The Morgan fingerprint density at radius 3 is 2.15 bits per heavy atom. The van der Waals surface area contributed by atoms with Gasteiger partial charge in [-0.15, -0.1) is 0 Å². The number of fused-ring (bicyclic) bond motifs is 1. The van der Waals surface area contributed by atoms with Crippen LogP contribution in [0.1, 0.15) is 5.69 Å². The Hall–Kier alpha value is -2.58. The van der Waals surface area contributed by atoms with E-state index in [0.717, 1.165) is 17.7 Å². The molecule has 0 spiro atoms. The molecule has 3 aromatic carbocycles. The topological polar surface area (TPSA) is 12.9 Å². The Kier molecular flexibility index (Phi) is 5.03. The van der Waals surface area contributed by atoms with Crippen LogP contribution in [0.5, 0.6) is 0 Å². The molecule has 0 N–H and O–H groups in total. The maximum absolute atomic E-state index is 4.85. The number of aromatic nitrogens is 1. The fourth-order valence-corrected chi connectivity index (χ4v) is 3.69. The van der Waals surface area contributed by atoms with Crippen molar-refractivity contribution in [2.45, 2.75) is 6.42 Å². The minimum atomic E-state index is 1.00.